The van der Waals surface area contributed by atoms with Crippen LogP contribution in [0.3, 0.4) is 0 Å². The molecular weight excluding hydrogens is 354 g/mol. The number of carbonyl (C=O) groups excluding carboxylic acids is 1. The topological polar surface area (TPSA) is 88.1 Å². The van der Waals surface area contributed by atoms with E-state index in [9.17, 15) is 10.1 Å². The highest BCUT2D eigenvalue weighted by Gasteiger charge is 2.21. The molecule has 0 aliphatic rings. The average Bonchev–Trinajstić information content (AvgIpc) is 2.81. The van der Waals surface area contributed by atoms with E-state index in [4.69, 9.17) is 5.73 Å². The number of halogens is 1. The SMILES string of the molecule is COC(=O)c1sc(NCc2ccccc2Br)c(C#N)c1N. The van der Waals surface area contributed by atoms with Gasteiger partial charge in [-0.15, -0.1) is 11.3 Å². The van der Waals surface area contributed by atoms with Crippen LogP contribution < -0.4 is 11.1 Å². The second-order valence-corrected chi connectivity index (χ2v) is 5.97. The van der Waals surface area contributed by atoms with Gasteiger partial charge in [0.1, 0.15) is 21.5 Å². The van der Waals surface area contributed by atoms with E-state index in [1.54, 1.807) is 0 Å². The van der Waals surface area contributed by atoms with Crippen LogP contribution in [0.5, 0.6) is 0 Å². The fourth-order valence-corrected chi connectivity index (χ4v) is 3.15. The first-order valence-corrected chi connectivity index (χ1v) is 7.57. The minimum absolute atomic E-state index is 0.156. The number of hydrogen-bond donors (Lipinski definition) is 2. The van der Waals surface area contributed by atoms with E-state index in [1.807, 2.05) is 30.3 Å². The van der Waals surface area contributed by atoms with Crippen molar-refractivity contribution in [1.82, 2.24) is 0 Å². The van der Waals surface area contributed by atoms with Crippen molar-refractivity contribution >= 4 is 43.9 Å². The highest BCUT2D eigenvalue weighted by Crippen LogP contribution is 2.36. The normalized spacial score (nSPS) is 9.95. The summed E-state index contributed by atoms with van der Waals surface area (Å²) < 4.78 is 5.63. The molecule has 0 aliphatic heterocycles. The van der Waals surface area contributed by atoms with Gasteiger partial charge >= 0.3 is 5.97 Å². The summed E-state index contributed by atoms with van der Waals surface area (Å²) in [7, 11) is 1.28. The molecule has 0 fully saturated rings. The Morgan fingerprint density at radius 3 is 2.86 bits per heavy atom. The van der Waals surface area contributed by atoms with E-state index in [2.05, 4.69) is 26.0 Å². The zero-order chi connectivity index (χ0) is 15.4. The number of anilines is 2. The molecule has 0 saturated heterocycles. The molecule has 0 unspecified atom stereocenters. The fourth-order valence-electron chi connectivity index (χ4n) is 1.74. The molecule has 0 atom stereocenters. The number of methoxy groups -OCH3 is 1. The molecule has 0 spiro atoms. The van der Waals surface area contributed by atoms with Crippen LogP contribution in [0, 0.1) is 11.3 Å². The van der Waals surface area contributed by atoms with Crippen molar-refractivity contribution < 1.29 is 9.53 Å². The summed E-state index contributed by atoms with van der Waals surface area (Å²) in [5, 5.41) is 12.9. The maximum Gasteiger partial charge on any atom is 0.350 e. The van der Waals surface area contributed by atoms with Crippen molar-refractivity contribution in [2.24, 2.45) is 0 Å². The Morgan fingerprint density at radius 2 is 2.24 bits per heavy atom. The van der Waals surface area contributed by atoms with Gasteiger partial charge in [-0.05, 0) is 11.6 Å². The maximum absolute atomic E-state index is 11.6. The van der Waals surface area contributed by atoms with E-state index < -0.39 is 5.97 Å². The van der Waals surface area contributed by atoms with Crippen LogP contribution in [-0.4, -0.2) is 13.1 Å². The van der Waals surface area contributed by atoms with Crippen molar-refractivity contribution in [2.75, 3.05) is 18.2 Å². The molecule has 21 heavy (non-hydrogen) atoms. The summed E-state index contributed by atoms with van der Waals surface area (Å²) in [4.78, 5) is 11.8. The Labute approximate surface area is 134 Å². The Hall–Kier alpha value is -2.04. The number of nitrogens with zero attached hydrogens (tertiary/aromatic N) is 1. The third kappa shape index (κ3) is 3.17. The standard InChI is InChI=1S/C14H12BrN3O2S/c1-20-14(19)12-11(17)9(6-16)13(21-12)18-7-8-4-2-3-5-10(8)15/h2-5,18H,7,17H2,1H3. The maximum atomic E-state index is 11.6. The number of thiophene rings is 1. The van der Waals surface area contributed by atoms with Gasteiger partial charge in [-0.3, -0.25) is 0 Å². The fraction of sp³-hybridized carbons (Fsp3) is 0.143. The molecule has 7 heteroatoms. The Bertz CT molecular complexity index is 721. The number of nitriles is 1. The van der Waals surface area contributed by atoms with Crippen molar-refractivity contribution in [1.29, 1.82) is 5.26 Å². The predicted molar refractivity (Wildman–Crippen MR) is 86.3 cm³/mol. The van der Waals surface area contributed by atoms with Gasteiger partial charge in [-0.25, -0.2) is 4.79 Å². The lowest BCUT2D eigenvalue weighted by Crippen LogP contribution is -2.02. The molecule has 0 radical (unpaired) electrons. The zero-order valence-electron chi connectivity index (χ0n) is 11.1. The lowest BCUT2D eigenvalue weighted by Gasteiger charge is -2.06. The molecule has 0 saturated carbocycles. The zero-order valence-corrected chi connectivity index (χ0v) is 13.5. The van der Waals surface area contributed by atoms with Crippen molar-refractivity contribution in [3.8, 4) is 6.07 Å². The largest absolute Gasteiger partial charge is 0.465 e. The highest BCUT2D eigenvalue weighted by atomic mass is 79.9. The monoisotopic (exact) mass is 365 g/mol. The highest BCUT2D eigenvalue weighted by molar-refractivity contribution is 9.10. The van der Waals surface area contributed by atoms with Gasteiger partial charge < -0.3 is 15.8 Å². The van der Waals surface area contributed by atoms with Crippen LogP contribution in [0.25, 0.3) is 0 Å². The number of nitrogen functional groups attached to an aromatic ring is 1. The van der Waals surface area contributed by atoms with Gasteiger partial charge in [0, 0.05) is 11.0 Å². The minimum Gasteiger partial charge on any atom is -0.465 e. The predicted octanol–water partition coefficient (Wildman–Crippen LogP) is 3.36. The molecule has 1 heterocycles. The van der Waals surface area contributed by atoms with E-state index in [0.717, 1.165) is 21.4 Å². The second-order valence-electron chi connectivity index (χ2n) is 4.10. The molecule has 0 aliphatic carbocycles. The number of rotatable bonds is 4. The number of ether oxygens (including phenoxy) is 1. The van der Waals surface area contributed by atoms with E-state index in [1.165, 1.54) is 7.11 Å². The molecule has 5 nitrogen and oxygen atoms in total. The molecule has 108 valence electrons. The van der Waals surface area contributed by atoms with Crippen LogP contribution >= 0.6 is 27.3 Å². The van der Waals surface area contributed by atoms with E-state index >= 15 is 0 Å². The van der Waals surface area contributed by atoms with Gasteiger partial charge in [0.25, 0.3) is 0 Å². The Morgan fingerprint density at radius 1 is 1.52 bits per heavy atom. The molecule has 0 bridgehead atoms. The van der Waals surface area contributed by atoms with Crippen molar-refractivity contribution in [3.05, 3.63) is 44.7 Å². The summed E-state index contributed by atoms with van der Waals surface area (Å²) in [5.74, 6) is -0.539. The van der Waals surface area contributed by atoms with Crippen LogP contribution in [0.4, 0.5) is 10.7 Å². The number of hydrogen-bond acceptors (Lipinski definition) is 6. The number of carbonyl (C=O) groups is 1. The summed E-state index contributed by atoms with van der Waals surface area (Å²) in [6.07, 6.45) is 0. The number of esters is 1. The van der Waals surface area contributed by atoms with Gasteiger partial charge in [0.2, 0.25) is 0 Å². The van der Waals surface area contributed by atoms with Crippen LogP contribution in [-0.2, 0) is 11.3 Å². The summed E-state index contributed by atoms with van der Waals surface area (Å²) in [6, 6.07) is 9.76. The first kappa shape index (κ1) is 15.4. The van der Waals surface area contributed by atoms with Crippen molar-refractivity contribution in [2.45, 2.75) is 6.54 Å². The number of nitrogens with two attached hydrogens (primary N) is 1. The van der Waals surface area contributed by atoms with Gasteiger partial charge in [0.05, 0.1) is 12.8 Å². The van der Waals surface area contributed by atoms with Crippen LogP contribution in [0.2, 0.25) is 0 Å². The van der Waals surface area contributed by atoms with Gasteiger partial charge in [-0.2, -0.15) is 5.26 Å². The van der Waals surface area contributed by atoms with Crippen LogP contribution in [0.1, 0.15) is 20.8 Å². The summed E-state index contributed by atoms with van der Waals surface area (Å²) in [5.41, 5.74) is 7.29. The summed E-state index contributed by atoms with van der Waals surface area (Å²) >= 11 is 4.58. The van der Waals surface area contributed by atoms with Gasteiger partial charge in [0.15, 0.2) is 0 Å². The Balaban J connectivity index is 2.27. The molecule has 2 rings (SSSR count). The molecule has 1 aromatic carbocycles. The minimum atomic E-state index is -0.539. The third-order valence-corrected chi connectivity index (χ3v) is 4.74. The molecule has 2 aromatic rings. The van der Waals surface area contributed by atoms with Crippen molar-refractivity contribution in [3.63, 3.8) is 0 Å². The first-order valence-electron chi connectivity index (χ1n) is 5.96. The molecule has 1 aromatic heterocycles. The summed E-state index contributed by atoms with van der Waals surface area (Å²) in [6.45, 7) is 0.511. The molecule has 3 N–H and O–H groups in total. The van der Waals surface area contributed by atoms with E-state index in [0.29, 0.717) is 11.5 Å². The number of benzene rings is 1. The van der Waals surface area contributed by atoms with E-state index in [-0.39, 0.29) is 16.1 Å². The Kier molecular flexibility index (Phi) is 4.83. The average molecular weight is 366 g/mol. The molecular formula is C14H12BrN3O2S. The quantitative estimate of drug-likeness (QED) is 0.810. The lowest BCUT2D eigenvalue weighted by molar-refractivity contribution is 0.0607. The van der Waals surface area contributed by atoms with Gasteiger partial charge in [-0.1, -0.05) is 34.1 Å². The lowest BCUT2D eigenvalue weighted by atomic mass is 10.2. The number of nitrogens with one attached hydrogen (secondary N) is 1. The van der Waals surface area contributed by atoms with Crippen LogP contribution in [0.15, 0.2) is 28.7 Å². The smallest absolute Gasteiger partial charge is 0.350 e. The second kappa shape index (κ2) is 6.61. The molecule has 0 amide bonds. The first-order chi connectivity index (χ1) is 10.1. The third-order valence-electron chi connectivity index (χ3n) is 2.82.